The molecule has 1 heterocycles. The van der Waals surface area contributed by atoms with Crippen molar-refractivity contribution in [1.29, 1.82) is 0 Å². The van der Waals surface area contributed by atoms with Crippen molar-refractivity contribution in [3.8, 4) is 0 Å². The number of hydrogen-bond acceptors (Lipinski definition) is 3. The molecule has 3 aliphatic rings. The van der Waals surface area contributed by atoms with Crippen molar-refractivity contribution in [3.63, 3.8) is 0 Å². The summed E-state index contributed by atoms with van der Waals surface area (Å²) in [5, 5.41) is 12.9. The predicted octanol–water partition coefficient (Wildman–Crippen LogP) is 3.30. The molecule has 1 N–H and O–H groups in total. The molecule has 1 saturated heterocycles. The van der Waals surface area contributed by atoms with Crippen molar-refractivity contribution in [2.75, 3.05) is 13.1 Å². The lowest BCUT2D eigenvalue weighted by molar-refractivity contribution is 0.0972. The van der Waals surface area contributed by atoms with E-state index in [2.05, 4.69) is 10.1 Å². The second-order valence-corrected chi connectivity index (χ2v) is 6.00. The van der Waals surface area contributed by atoms with Gasteiger partial charge in [0.1, 0.15) is 0 Å². The fourth-order valence-electron chi connectivity index (χ4n) is 4.28. The van der Waals surface area contributed by atoms with Crippen LogP contribution in [-0.4, -0.2) is 35.0 Å². The standard InChI is InChI=1S/C14H24N2O.ClH/c17-15-14-11-5-4-6-12(14)13(8-7-11)16-9-2-1-3-10-16;/h11-13,17H,1-10H2;1H/b15-14-;. The predicted molar refractivity (Wildman–Crippen MR) is 75.7 cm³/mol. The first kappa shape index (κ1) is 14.1. The van der Waals surface area contributed by atoms with Crippen LogP contribution in [0.4, 0.5) is 0 Å². The van der Waals surface area contributed by atoms with Gasteiger partial charge in [-0.3, -0.25) is 4.90 Å². The van der Waals surface area contributed by atoms with Crippen molar-refractivity contribution in [2.45, 2.75) is 57.4 Å². The van der Waals surface area contributed by atoms with Gasteiger partial charge in [-0.15, -0.1) is 12.4 Å². The minimum Gasteiger partial charge on any atom is -0.411 e. The molecule has 0 aromatic heterocycles. The largest absolute Gasteiger partial charge is 0.411 e. The van der Waals surface area contributed by atoms with Crippen LogP contribution >= 0.6 is 12.4 Å². The summed E-state index contributed by atoms with van der Waals surface area (Å²) in [6, 6.07) is 0.678. The summed E-state index contributed by atoms with van der Waals surface area (Å²) in [7, 11) is 0. The van der Waals surface area contributed by atoms with E-state index in [0.29, 0.717) is 17.9 Å². The van der Waals surface area contributed by atoms with Crippen molar-refractivity contribution in [1.82, 2.24) is 4.90 Å². The van der Waals surface area contributed by atoms with Gasteiger partial charge >= 0.3 is 0 Å². The smallest absolute Gasteiger partial charge is 0.0648 e. The Morgan fingerprint density at radius 1 is 0.944 bits per heavy atom. The Kier molecular flexibility index (Phi) is 4.91. The minimum atomic E-state index is 0. The fraction of sp³-hybridized carbons (Fsp3) is 0.929. The maximum absolute atomic E-state index is 9.28. The van der Waals surface area contributed by atoms with Gasteiger partial charge in [-0.1, -0.05) is 18.0 Å². The normalized spacial score (nSPS) is 39.3. The fourth-order valence-corrected chi connectivity index (χ4v) is 4.28. The number of oxime groups is 1. The molecule has 3 nitrogen and oxygen atoms in total. The molecule has 0 aromatic rings. The van der Waals surface area contributed by atoms with Crippen LogP contribution < -0.4 is 0 Å². The number of nitrogens with zero attached hydrogens (tertiary/aromatic N) is 2. The molecule has 2 aliphatic carbocycles. The topological polar surface area (TPSA) is 35.8 Å². The van der Waals surface area contributed by atoms with Gasteiger partial charge in [0.25, 0.3) is 0 Å². The van der Waals surface area contributed by atoms with E-state index in [9.17, 15) is 5.21 Å². The molecule has 3 atom stereocenters. The molecule has 3 unspecified atom stereocenters. The van der Waals surface area contributed by atoms with Crippen molar-refractivity contribution in [2.24, 2.45) is 17.0 Å². The lowest BCUT2D eigenvalue weighted by Crippen LogP contribution is -2.51. The van der Waals surface area contributed by atoms with Gasteiger partial charge in [-0.2, -0.15) is 0 Å². The molecule has 4 heteroatoms. The lowest BCUT2D eigenvalue weighted by Gasteiger charge is -2.46. The highest BCUT2D eigenvalue weighted by molar-refractivity contribution is 5.90. The van der Waals surface area contributed by atoms with Crippen LogP contribution in [0.15, 0.2) is 5.16 Å². The van der Waals surface area contributed by atoms with Gasteiger partial charge < -0.3 is 5.21 Å². The molecule has 104 valence electrons. The zero-order chi connectivity index (χ0) is 11.7. The second-order valence-electron chi connectivity index (χ2n) is 6.00. The van der Waals surface area contributed by atoms with Crippen LogP contribution in [0.1, 0.15) is 51.4 Å². The van der Waals surface area contributed by atoms with E-state index in [1.165, 1.54) is 64.5 Å². The zero-order valence-corrected chi connectivity index (χ0v) is 11.9. The third-order valence-corrected chi connectivity index (χ3v) is 5.12. The third-order valence-electron chi connectivity index (χ3n) is 5.12. The van der Waals surface area contributed by atoms with Crippen LogP contribution in [0.25, 0.3) is 0 Å². The quantitative estimate of drug-likeness (QED) is 0.587. The molecule has 0 radical (unpaired) electrons. The number of piperidine rings is 1. The molecule has 0 aromatic carbocycles. The van der Waals surface area contributed by atoms with Gasteiger partial charge in [-0.05, 0) is 51.6 Å². The van der Waals surface area contributed by atoms with Crippen LogP contribution in [0.3, 0.4) is 0 Å². The molecule has 3 fully saturated rings. The van der Waals surface area contributed by atoms with Gasteiger partial charge in [0, 0.05) is 17.9 Å². The highest BCUT2D eigenvalue weighted by atomic mass is 35.5. The van der Waals surface area contributed by atoms with Gasteiger partial charge in [0.2, 0.25) is 0 Å². The van der Waals surface area contributed by atoms with Crippen LogP contribution in [0.2, 0.25) is 0 Å². The van der Waals surface area contributed by atoms with E-state index in [1.54, 1.807) is 0 Å². The highest BCUT2D eigenvalue weighted by Crippen LogP contribution is 2.40. The monoisotopic (exact) mass is 272 g/mol. The molecule has 2 saturated carbocycles. The Bertz CT molecular complexity index is 302. The van der Waals surface area contributed by atoms with Crippen LogP contribution in [0.5, 0.6) is 0 Å². The van der Waals surface area contributed by atoms with Gasteiger partial charge in [0.15, 0.2) is 0 Å². The Morgan fingerprint density at radius 3 is 2.44 bits per heavy atom. The van der Waals surface area contributed by atoms with E-state index < -0.39 is 0 Å². The summed E-state index contributed by atoms with van der Waals surface area (Å²) in [5.41, 5.74) is 1.14. The van der Waals surface area contributed by atoms with Gasteiger partial charge in [-0.25, -0.2) is 0 Å². The number of fused-ring (bicyclic) bond motifs is 2. The maximum atomic E-state index is 9.28. The summed E-state index contributed by atoms with van der Waals surface area (Å²) < 4.78 is 0. The first-order valence-corrected chi connectivity index (χ1v) is 7.36. The summed E-state index contributed by atoms with van der Waals surface area (Å²) in [6.45, 7) is 2.54. The van der Waals surface area contributed by atoms with E-state index in [-0.39, 0.29) is 12.4 Å². The van der Waals surface area contributed by atoms with Crippen molar-refractivity contribution >= 4 is 18.1 Å². The molecular formula is C14H25ClN2O. The maximum Gasteiger partial charge on any atom is 0.0648 e. The molecular weight excluding hydrogens is 248 g/mol. The van der Waals surface area contributed by atoms with E-state index in [4.69, 9.17) is 0 Å². The molecule has 0 amide bonds. The Hall–Kier alpha value is -0.280. The molecule has 1 aliphatic heterocycles. The van der Waals surface area contributed by atoms with Gasteiger partial charge in [0.05, 0.1) is 5.71 Å². The number of hydrogen-bond donors (Lipinski definition) is 1. The van der Waals surface area contributed by atoms with E-state index >= 15 is 0 Å². The first-order valence-electron chi connectivity index (χ1n) is 7.36. The Morgan fingerprint density at radius 2 is 1.72 bits per heavy atom. The van der Waals surface area contributed by atoms with Crippen LogP contribution in [0, 0.1) is 11.8 Å². The molecule has 3 rings (SSSR count). The zero-order valence-electron chi connectivity index (χ0n) is 11.1. The summed E-state index contributed by atoms with van der Waals surface area (Å²) in [5.74, 6) is 1.16. The number of rotatable bonds is 1. The Labute approximate surface area is 116 Å². The van der Waals surface area contributed by atoms with Crippen LogP contribution in [-0.2, 0) is 0 Å². The minimum absolute atomic E-state index is 0. The molecule has 2 bridgehead atoms. The average Bonchev–Trinajstić information content (AvgIpc) is 2.39. The highest BCUT2D eigenvalue weighted by Gasteiger charge is 2.41. The SMILES string of the molecule is Cl.O/N=C1/C2CCCC1C(N1CCCCC1)CC2. The summed E-state index contributed by atoms with van der Waals surface area (Å²) in [6.07, 6.45) is 10.5. The number of likely N-dealkylation sites (tertiary alicyclic amines) is 1. The Balaban J connectivity index is 0.00000120. The van der Waals surface area contributed by atoms with Crippen molar-refractivity contribution < 1.29 is 5.21 Å². The second kappa shape index (κ2) is 6.25. The first-order chi connectivity index (χ1) is 8.40. The third kappa shape index (κ3) is 2.53. The van der Waals surface area contributed by atoms with Crippen molar-refractivity contribution in [3.05, 3.63) is 0 Å². The lowest BCUT2D eigenvalue weighted by atomic mass is 9.67. The summed E-state index contributed by atoms with van der Waals surface area (Å²) >= 11 is 0. The average molecular weight is 273 g/mol. The molecule has 18 heavy (non-hydrogen) atoms. The van der Waals surface area contributed by atoms with E-state index in [0.717, 1.165) is 5.71 Å². The molecule has 0 spiro atoms. The number of halogens is 1. The van der Waals surface area contributed by atoms with E-state index in [1.807, 2.05) is 0 Å². The summed E-state index contributed by atoms with van der Waals surface area (Å²) in [4.78, 5) is 2.68.